The molecular formula is C14H23N3OS. The average Bonchev–Trinajstić information content (AvgIpc) is 2.81. The summed E-state index contributed by atoms with van der Waals surface area (Å²) < 4.78 is 0. The Bertz CT molecular complexity index is 456. The van der Waals surface area contributed by atoms with Gasteiger partial charge < -0.3 is 5.21 Å². The summed E-state index contributed by atoms with van der Waals surface area (Å²) in [5.74, 6) is 1.71. The number of rotatable bonds is 5. The molecule has 1 heterocycles. The van der Waals surface area contributed by atoms with E-state index in [9.17, 15) is 5.21 Å². The summed E-state index contributed by atoms with van der Waals surface area (Å²) in [4.78, 5) is 0. The minimum Gasteiger partial charge on any atom is -0.411 e. The molecule has 5 heteroatoms. The number of nitrogens with zero attached hydrogens (tertiary/aromatic N) is 2. The summed E-state index contributed by atoms with van der Waals surface area (Å²) in [7, 11) is 0. The molecule has 1 aliphatic carbocycles. The molecule has 0 saturated heterocycles. The Morgan fingerprint density at radius 1 is 1.47 bits per heavy atom. The Morgan fingerprint density at radius 2 is 2.26 bits per heavy atom. The maximum absolute atomic E-state index is 9.27. The number of aromatic nitrogens is 2. The highest BCUT2D eigenvalue weighted by molar-refractivity contribution is 7.99. The van der Waals surface area contributed by atoms with E-state index in [0.717, 1.165) is 54.1 Å². The van der Waals surface area contributed by atoms with Gasteiger partial charge in [0.1, 0.15) is 0 Å². The third-order valence-electron chi connectivity index (χ3n) is 3.75. The summed E-state index contributed by atoms with van der Waals surface area (Å²) in [5.41, 5.74) is 4.05. The molecule has 0 bridgehead atoms. The van der Waals surface area contributed by atoms with Gasteiger partial charge in [-0.3, -0.25) is 5.10 Å². The molecule has 4 nitrogen and oxygen atoms in total. The summed E-state index contributed by atoms with van der Waals surface area (Å²) in [6.45, 7) is 6.56. The summed E-state index contributed by atoms with van der Waals surface area (Å²) in [6, 6.07) is 0. The summed E-state index contributed by atoms with van der Waals surface area (Å²) in [6.07, 6.45) is 3.93. The topological polar surface area (TPSA) is 61.3 Å². The van der Waals surface area contributed by atoms with Gasteiger partial charge in [-0.05, 0) is 37.4 Å². The van der Waals surface area contributed by atoms with Crippen LogP contribution in [0.4, 0.5) is 0 Å². The van der Waals surface area contributed by atoms with Crippen LogP contribution in [-0.2, 0) is 12.8 Å². The van der Waals surface area contributed by atoms with Crippen molar-refractivity contribution in [2.45, 2.75) is 51.7 Å². The molecule has 19 heavy (non-hydrogen) atoms. The molecule has 1 aromatic rings. The van der Waals surface area contributed by atoms with Crippen LogP contribution < -0.4 is 0 Å². The molecule has 106 valence electrons. The fraction of sp³-hybridized carbons (Fsp3) is 0.714. The van der Waals surface area contributed by atoms with E-state index in [4.69, 9.17) is 0 Å². The zero-order chi connectivity index (χ0) is 13.8. The predicted octanol–water partition coefficient (Wildman–Crippen LogP) is 3.24. The van der Waals surface area contributed by atoms with E-state index < -0.39 is 0 Å². The first-order valence-corrected chi connectivity index (χ1v) is 8.13. The van der Waals surface area contributed by atoms with Crippen LogP contribution in [0.5, 0.6) is 0 Å². The van der Waals surface area contributed by atoms with E-state index in [1.807, 2.05) is 11.8 Å². The third-order valence-corrected chi connectivity index (χ3v) is 4.85. The van der Waals surface area contributed by atoms with Crippen molar-refractivity contribution in [1.29, 1.82) is 0 Å². The lowest BCUT2D eigenvalue weighted by molar-refractivity contribution is 0.314. The van der Waals surface area contributed by atoms with Crippen molar-refractivity contribution in [3.05, 3.63) is 17.0 Å². The van der Waals surface area contributed by atoms with Gasteiger partial charge in [0.2, 0.25) is 0 Å². The molecule has 0 radical (unpaired) electrons. The SMILES string of the molecule is CCSC(C)CC1CC(=NO)c2c(CC)n[nH]c2C1. The Hall–Kier alpha value is -0.970. The van der Waals surface area contributed by atoms with Gasteiger partial charge in [0, 0.05) is 16.5 Å². The first-order valence-electron chi connectivity index (χ1n) is 7.08. The standard InChI is InChI=1S/C14H23N3OS/c1-4-11-14-12(16-15-11)7-10(8-13(14)17-18)6-9(3)19-5-2/h9-10,18H,4-8H2,1-3H3,(H,15,16). The molecule has 0 aliphatic heterocycles. The number of thioether (sulfide) groups is 1. The van der Waals surface area contributed by atoms with Gasteiger partial charge in [-0.2, -0.15) is 16.9 Å². The van der Waals surface area contributed by atoms with Crippen LogP contribution in [-0.4, -0.2) is 32.1 Å². The molecule has 2 unspecified atom stereocenters. The molecule has 0 aromatic carbocycles. The first kappa shape index (κ1) is 14.4. The lowest BCUT2D eigenvalue weighted by Gasteiger charge is -2.25. The van der Waals surface area contributed by atoms with Crippen LogP contribution in [0.25, 0.3) is 0 Å². The van der Waals surface area contributed by atoms with Gasteiger partial charge in [-0.1, -0.05) is 25.9 Å². The number of oxime groups is 1. The second-order valence-electron chi connectivity index (χ2n) is 5.20. The van der Waals surface area contributed by atoms with Crippen molar-refractivity contribution in [3.8, 4) is 0 Å². The minimum absolute atomic E-state index is 0.553. The van der Waals surface area contributed by atoms with Crippen molar-refractivity contribution in [2.75, 3.05) is 5.75 Å². The zero-order valence-electron chi connectivity index (χ0n) is 11.9. The highest BCUT2D eigenvalue weighted by Gasteiger charge is 2.29. The molecule has 0 spiro atoms. The van der Waals surface area contributed by atoms with Gasteiger partial charge in [0.05, 0.1) is 11.4 Å². The Balaban J connectivity index is 2.14. The third kappa shape index (κ3) is 3.14. The number of hydrogen-bond acceptors (Lipinski definition) is 4. The number of aromatic amines is 1. The predicted molar refractivity (Wildman–Crippen MR) is 80.3 cm³/mol. The van der Waals surface area contributed by atoms with E-state index >= 15 is 0 Å². The normalized spacial score (nSPS) is 22.5. The lowest BCUT2D eigenvalue weighted by Crippen LogP contribution is -2.23. The van der Waals surface area contributed by atoms with Crippen LogP contribution >= 0.6 is 11.8 Å². The number of hydrogen-bond donors (Lipinski definition) is 2. The van der Waals surface area contributed by atoms with Crippen LogP contribution in [0.1, 0.15) is 50.6 Å². The largest absolute Gasteiger partial charge is 0.411 e. The second kappa shape index (κ2) is 6.46. The van der Waals surface area contributed by atoms with Gasteiger partial charge in [0.25, 0.3) is 0 Å². The molecule has 1 aliphatic rings. The highest BCUT2D eigenvalue weighted by Crippen LogP contribution is 2.32. The van der Waals surface area contributed by atoms with Crippen LogP contribution in [0.3, 0.4) is 0 Å². The lowest BCUT2D eigenvalue weighted by atomic mass is 9.82. The molecule has 2 rings (SSSR count). The molecule has 0 saturated carbocycles. The maximum Gasteiger partial charge on any atom is 0.0907 e. The molecule has 0 amide bonds. The highest BCUT2D eigenvalue weighted by atomic mass is 32.2. The maximum atomic E-state index is 9.27. The Kier molecular flexibility index (Phi) is 4.91. The van der Waals surface area contributed by atoms with Crippen LogP contribution in [0.2, 0.25) is 0 Å². The Labute approximate surface area is 119 Å². The molecule has 2 atom stereocenters. The fourth-order valence-electron chi connectivity index (χ4n) is 2.98. The van der Waals surface area contributed by atoms with E-state index in [2.05, 4.69) is 36.1 Å². The number of nitrogens with one attached hydrogen (secondary N) is 1. The average molecular weight is 281 g/mol. The van der Waals surface area contributed by atoms with Crippen molar-refractivity contribution in [3.63, 3.8) is 0 Å². The summed E-state index contributed by atoms with van der Waals surface area (Å²) >= 11 is 2.00. The van der Waals surface area contributed by atoms with Crippen molar-refractivity contribution in [2.24, 2.45) is 11.1 Å². The van der Waals surface area contributed by atoms with Crippen molar-refractivity contribution in [1.82, 2.24) is 10.2 Å². The van der Waals surface area contributed by atoms with Gasteiger partial charge in [-0.25, -0.2) is 0 Å². The van der Waals surface area contributed by atoms with Gasteiger partial charge in [0.15, 0.2) is 0 Å². The molecular weight excluding hydrogens is 258 g/mol. The number of fused-ring (bicyclic) bond motifs is 1. The zero-order valence-corrected chi connectivity index (χ0v) is 12.8. The molecule has 1 aromatic heterocycles. The quantitative estimate of drug-likeness (QED) is 0.643. The Morgan fingerprint density at radius 3 is 2.89 bits per heavy atom. The van der Waals surface area contributed by atoms with E-state index in [1.165, 1.54) is 0 Å². The molecule has 2 N–H and O–H groups in total. The summed E-state index contributed by atoms with van der Waals surface area (Å²) in [5, 5.41) is 20.9. The van der Waals surface area contributed by atoms with Crippen molar-refractivity contribution >= 4 is 17.5 Å². The van der Waals surface area contributed by atoms with Crippen LogP contribution in [0, 0.1) is 5.92 Å². The number of aryl methyl sites for hydroxylation is 1. The minimum atomic E-state index is 0.553. The van der Waals surface area contributed by atoms with E-state index in [0.29, 0.717) is 11.2 Å². The van der Waals surface area contributed by atoms with E-state index in [-0.39, 0.29) is 0 Å². The molecule has 0 fully saturated rings. The van der Waals surface area contributed by atoms with E-state index in [1.54, 1.807) is 0 Å². The van der Waals surface area contributed by atoms with Crippen LogP contribution in [0.15, 0.2) is 5.16 Å². The van der Waals surface area contributed by atoms with Gasteiger partial charge in [-0.15, -0.1) is 0 Å². The number of H-pyrrole nitrogens is 1. The van der Waals surface area contributed by atoms with Crippen molar-refractivity contribution < 1.29 is 5.21 Å². The second-order valence-corrected chi connectivity index (χ2v) is 6.92. The first-order chi connectivity index (χ1) is 9.19. The monoisotopic (exact) mass is 281 g/mol. The fourth-order valence-corrected chi connectivity index (χ4v) is 3.96. The smallest absolute Gasteiger partial charge is 0.0907 e. The van der Waals surface area contributed by atoms with Gasteiger partial charge >= 0.3 is 0 Å².